The van der Waals surface area contributed by atoms with Crippen molar-refractivity contribution in [2.45, 2.75) is 24.9 Å². The van der Waals surface area contributed by atoms with Gasteiger partial charge >= 0.3 is 0 Å². The molecule has 0 aliphatic carbocycles. The summed E-state index contributed by atoms with van der Waals surface area (Å²) in [6, 6.07) is 1.67. The van der Waals surface area contributed by atoms with Crippen LogP contribution in [0.5, 0.6) is 0 Å². The lowest BCUT2D eigenvalue weighted by molar-refractivity contribution is 0.405. The van der Waals surface area contributed by atoms with Crippen molar-refractivity contribution in [3.05, 3.63) is 16.9 Å². The maximum atomic E-state index is 12.1. The third kappa shape index (κ3) is 3.72. The van der Waals surface area contributed by atoms with E-state index in [1.165, 1.54) is 0 Å². The second-order valence-corrected chi connectivity index (χ2v) is 6.10. The highest BCUT2D eigenvalue weighted by Crippen LogP contribution is 2.16. The van der Waals surface area contributed by atoms with E-state index in [0.717, 1.165) is 31.6 Å². The minimum absolute atomic E-state index is 0.367. The normalized spacial score (nSPS) is 19.2. The number of piperidine rings is 1. The van der Waals surface area contributed by atoms with Gasteiger partial charge in [-0.1, -0.05) is 11.6 Å². The average Bonchev–Trinajstić information content (AvgIpc) is 2.29. The molecule has 17 heavy (non-hydrogen) atoms. The van der Waals surface area contributed by atoms with Crippen molar-refractivity contribution < 1.29 is 4.21 Å². The number of halogens is 1. The van der Waals surface area contributed by atoms with Gasteiger partial charge in [-0.3, -0.25) is 4.21 Å². The molecular weight excluding hydrogens is 258 g/mol. The second-order valence-electron chi connectivity index (χ2n) is 4.32. The Hall–Kier alpha value is -0.520. The molecular formula is C11H16ClN3OS. The number of rotatable bonds is 3. The molecule has 0 radical (unpaired) electrons. The van der Waals surface area contributed by atoms with Crippen molar-refractivity contribution in [1.82, 2.24) is 15.3 Å². The van der Waals surface area contributed by atoms with E-state index in [1.807, 2.05) is 6.92 Å². The quantitative estimate of drug-likeness (QED) is 0.671. The van der Waals surface area contributed by atoms with Gasteiger partial charge in [0.2, 0.25) is 5.16 Å². The van der Waals surface area contributed by atoms with Crippen molar-refractivity contribution in [3.63, 3.8) is 0 Å². The Bertz CT molecular complexity index is 401. The molecule has 1 aromatic heterocycles. The summed E-state index contributed by atoms with van der Waals surface area (Å²) in [6.07, 6.45) is 2.15. The Labute approximate surface area is 109 Å². The van der Waals surface area contributed by atoms with E-state index in [4.69, 9.17) is 11.6 Å². The van der Waals surface area contributed by atoms with Crippen LogP contribution in [0, 0.1) is 12.8 Å². The van der Waals surface area contributed by atoms with E-state index in [-0.39, 0.29) is 0 Å². The number of aryl methyl sites for hydroxylation is 1. The largest absolute Gasteiger partial charge is 0.317 e. The van der Waals surface area contributed by atoms with Gasteiger partial charge in [0.25, 0.3) is 0 Å². The van der Waals surface area contributed by atoms with Crippen LogP contribution in [-0.2, 0) is 10.8 Å². The smallest absolute Gasteiger partial charge is 0.220 e. The van der Waals surface area contributed by atoms with Gasteiger partial charge in [-0.15, -0.1) is 0 Å². The third-order valence-electron chi connectivity index (χ3n) is 2.85. The predicted octanol–water partition coefficient (Wildman–Crippen LogP) is 1.55. The van der Waals surface area contributed by atoms with Gasteiger partial charge in [-0.05, 0) is 44.8 Å². The van der Waals surface area contributed by atoms with Gasteiger partial charge in [0.1, 0.15) is 5.15 Å². The Morgan fingerprint density at radius 1 is 1.47 bits per heavy atom. The highest BCUT2D eigenvalue weighted by atomic mass is 35.5. The first-order chi connectivity index (χ1) is 8.15. The fraction of sp³-hybridized carbons (Fsp3) is 0.636. The number of nitrogens with zero attached hydrogens (tertiary/aromatic N) is 2. The lowest BCUT2D eigenvalue weighted by Gasteiger charge is -2.21. The van der Waals surface area contributed by atoms with Gasteiger partial charge in [-0.25, -0.2) is 9.97 Å². The number of hydrogen-bond acceptors (Lipinski definition) is 4. The molecule has 94 valence electrons. The summed E-state index contributed by atoms with van der Waals surface area (Å²) < 4.78 is 12.1. The summed E-state index contributed by atoms with van der Waals surface area (Å²) in [4.78, 5) is 8.23. The van der Waals surface area contributed by atoms with Crippen LogP contribution in [0.2, 0.25) is 5.15 Å². The molecule has 0 unspecified atom stereocenters. The summed E-state index contributed by atoms with van der Waals surface area (Å²) >= 11 is 5.84. The Morgan fingerprint density at radius 2 is 2.18 bits per heavy atom. The summed E-state index contributed by atoms with van der Waals surface area (Å²) in [6.45, 7) is 3.85. The number of hydrogen-bond donors (Lipinski definition) is 1. The van der Waals surface area contributed by atoms with Gasteiger partial charge in [0, 0.05) is 11.4 Å². The fourth-order valence-electron chi connectivity index (χ4n) is 1.94. The Morgan fingerprint density at radius 3 is 2.82 bits per heavy atom. The first kappa shape index (κ1) is 12.9. The average molecular weight is 274 g/mol. The summed E-state index contributed by atoms with van der Waals surface area (Å²) in [5, 5.41) is 4.03. The van der Waals surface area contributed by atoms with Crippen LogP contribution >= 0.6 is 11.6 Å². The molecule has 0 spiro atoms. The van der Waals surface area contributed by atoms with Crippen LogP contribution in [0.25, 0.3) is 0 Å². The third-order valence-corrected chi connectivity index (χ3v) is 4.41. The molecule has 0 aromatic carbocycles. The molecule has 0 amide bonds. The molecule has 1 aliphatic heterocycles. The van der Waals surface area contributed by atoms with Crippen molar-refractivity contribution in [2.75, 3.05) is 18.8 Å². The molecule has 1 atom stereocenters. The predicted molar refractivity (Wildman–Crippen MR) is 68.6 cm³/mol. The molecule has 6 heteroatoms. The first-order valence-corrected chi connectivity index (χ1v) is 7.45. The Kier molecular flexibility index (Phi) is 4.48. The molecule has 1 N–H and O–H groups in total. The van der Waals surface area contributed by atoms with Crippen LogP contribution in [0.4, 0.5) is 0 Å². The maximum absolute atomic E-state index is 12.1. The van der Waals surface area contributed by atoms with Crippen LogP contribution in [0.3, 0.4) is 0 Å². The molecule has 4 nitrogen and oxygen atoms in total. The zero-order valence-corrected chi connectivity index (χ0v) is 11.4. The van der Waals surface area contributed by atoms with Gasteiger partial charge in [0.05, 0.1) is 10.8 Å². The maximum Gasteiger partial charge on any atom is 0.220 e. The van der Waals surface area contributed by atoms with Crippen LogP contribution in [0.1, 0.15) is 18.5 Å². The van der Waals surface area contributed by atoms with E-state index in [2.05, 4.69) is 15.3 Å². The SMILES string of the molecule is Cc1cc(Cl)nc([S@](=O)CC2CCNCC2)n1. The Balaban J connectivity index is 2.03. The molecule has 0 saturated carbocycles. The van der Waals surface area contributed by atoms with Gasteiger partial charge < -0.3 is 5.32 Å². The molecule has 1 aromatic rings. The van der Waals surface area contributed by atoms with E-state index >= 15 is 0 Å². The van der Waals surface area contributed by atoms with Crippen LogP contribution in [-0.4, -0.2) is 33.0 Å². The van der Waals surface area contributed by atoms with E-state index in [0.29, 0.717) is 22.0 Å². The molecule has 2 rings (SSSR count). The van der Waals surface area contributed by atoms with Crippen LogP contribution < -0.4 is 5.32 Å². The molecule has 1 saturated heterocycles. The lowest BCUT2D eigenvalue weighted by atomic mass is 10.0. The highest BCUT2D eigenvalue weighted by Gasteiger charge is 2.18. The van der Waals surface area contributed by atoms with Crippen molar-refractivity contribution in [3.8, 4) is 0 Å². The van der Waals surface area contributed by atoms with Gasteiger partial charge in [-0.2, -0.15) is 0 Å². The minimum atomic E-state index is -1.14. The minimum Gasteiger partial charge on any atom is -0.317 e. The summed E-state index contributed by atoms with van der Waals surface area (Å²) in [7, 11) is -1.14. The van der Waals surface area contributed by atoms with E-state index in [1.54, 1.807) is 6.07 Å². The zero-order chi connectivity index (χ0) is 12.3. The molecule has 2 heterocycles. The van der Waals surface area contributed by atoms with Crippen molar-refractivity contribution >= 4 is 22.4 Å². The van der Waals surface area contributed by atoms with Crippen LogP contribution in [0.15, 0.2) is 11.2 Å². The monoisotopic (exact) mass is 273 g/mol. The molecule has 0 bridgehead atoms. The standard InChI is InChI=1S/C11H16ClN3OS/c1-8-6-10(12)15-11(14-8)17(16)7-9-2-4-13-5-3-9/h6,9,13H,2-5,7H2,1H3/t17-/m1/s1. The van der Waals surface area contributed by atoms with Gasteiger partial charge in [0.15, 0.2) is 0 Å². The summed E-state index contributed by atoms with van der Waals surface area (Å²) in [5.74, 6) is 1.14. The van der Waals surface area contributed by atoms with Crippen molar-refractivity contribution in [1.29, 1.82) is 0 Å². The number of nitrogens with one attached hydrogen (secondary N) is 1. The second kappa shape index (κ2) is 5.89. The summed E-state index contributed by atoms with van der Waals surface area (Å²) in [5.41, 5.74) is 0.763. The van der Waals surface area contributed by atoms with E-state index in [9.17, 15) is 4.21 Å². The fourth-order valence-corrected chi connectivity index (χ4v) is 3.59. The molecule has 1 aliphatic rings. The topological polar surface area (TPSA) is 54.9 Å². The molecule has 1 fully saturated rings. The first-order valence-electron chi connectivity index (χ1n) is 5.75. The van der Waals surface area contributed by atoms with E-state index < -0.39 is 10.8 Å². The highest BCUT2D eigenvalue weighted by molar-refractivity contribution is 7.84. The van der Waals surface area contributed by atoms with Crippen molar-refractivity contribution in [2.24, 2.45) is 5.92 Å². The lowest BCUT2D eigenvalue weighted by Crippen LogP contribution is -2.30. The zero-order valence-electron chi connectivity index (χ0n) is 9.78. The number of aromatic nitrogens is 2.